The maximum absolute atomic E-state index is 12.8. The number of para-hydroxylation sites is 1. The molecule has 4 rings (SSSR count). The van der Waals surface area contributed by atoms with Crippen molar-refractivity contribution in [2.24, 2.45) is 0 Å². The number of carbonyl (C=O) groups excluding carboxylic acids is 1. The maximum atomic E-state index is 12.8. The highest BCUT2D eigenvalue weighted by molar-refractivity contribution is 5.99. The summed E-state index contributed by atoms with van der Waals surface area (Å²) in [5, 5.41) is 10.4. The van der Waals surface area contributed by atoms with E-state index in [1.54, 1.807) is 19.5 Å². The summed E-state index contributed by atoms with van der Waals surface area (Å²) < 4.78 is 22.3. The molecule has 8 nitrogen and oxygen atoms in total. The van der Waals surface area contributed by atoms with Crippen molar-refractivity contribution in [2.75, 3.05) is 20.3 Å². The quantitative estimate of drug-likeness (QED) is 0.699. The molecule has 2 aromatic heterocycles. The summed E-state index contributed by atoms with van der Waals surface area (Å²) in [7, 11) is 1.59. The highest BCUT2D eigenvalue weighted by atomic mass is 16.5. The highest BCUT2D eigenvalue weighted by Crippen LogP contribution is 2.27. The Bertz CT molecular complexity index is 890. The smallest absolute Gasteiger partial charge is 0.287 e. The molecule has 3 heterocycles. The van der Waals surface area contributed by atoms with Crippen molar-refractivity contribution in [3.8, 4) is 5.75 Å². The maximum Gasteiger partial charge on any atom is 0.287 e. The number of rotatable bonds is 6. The van der Waals surface area contributed by atoms with Gasteiger partial charge in [-0.1, -0.05) is 18.2 Å². The van der Waals surface area contributed by atoms with E-state index in [-0.39, 0.29) is 30.4 Å². The normalized spacial score (nSPS) is 19.7. The lowest BCUT2D eigenvalue weighted by Crippen LogP contribution is -2.45. The molecule has 3 aromatic rings. The average Bonchev–Trinajstić information content (AvgIpc) is 3.37. The molecule has 1 aromatic carbocycles. The Hall–Kier alpha value is -2.84. The van der Waals surface area contributed by atoms with Crippen LogP contribution in [-0.4, -0.2) is 48.6 Å². The van der Waals surface area contributed by atoms with Gasteiger partial charge in [-0.05, 0) is 6.07 Å². The van der Waals surface area contributed by atoms with E-state index in [1.807, 2.05) is 24.3 Å². The molecule has 1 amide bonds. The van der Waals surface area contributed by atoms with E-state index in [0.717, 1.165) is 10.9 Å². The van der Waals surface area contributed by atoms with Crippen molar-refractivity contribution in [1.29, 1.82) is 0 Å². The van der Waals surface area contributed by atoms with E-state index < -0.39 is 0 Å². The summed E-state index contributed by atoms with van der Waals surface area (Å²) in [6.45, 7) is 1.05. The van der Waals surface area contributed by atoms with Gasteiger partial charge in [-0.25, -0.2) is 0 Å². The standard InChI is InChI=1S/C18H19N3O5/c1-23-8-13-12-4-2-3-5-15(12)26-17(13)18(22)21-14-9-24-10-16(14)25-11-6-19-20-7-11/h2-7,14,16H,8-10H2,1H3,(H,19,20)(H,21,22)/t14-,16+/m0/s1. The van der Waals surface area contributed by atoms with E-state index in [9.17, 15) is 4.79 Å². The topological polar surface area (TPSA) is 98.6 Å². The second-order valence-corrected chi connectivity index (χ2v) is 6.05. The van der Waals surface area contributed by atoms with Gasteiger partial charge in [0.1, 0.15) is 11.7 Å². The van der Waals surface area contributed by atoms with Gasteiger partial charge in [-0.15, -0.1) is 0 Å². The molecule has 0 radical (unpaired) electrons. The fourth-order valence-corrected chi connectivity index (χ4v) is 3.07. The molecule has 0 unspecified atom stereocenters. The van der Waals surface area contributed by atoms with Crippen LogP contribution in [0.1, 0.15) is 16.1 Å². The van der Waals surface area contributed by atoms with Gasteiger partial charge in [0.2, 0.25) is 0 Å². The highest BCUT2D eigenvalue weighted by Gasteiger charge is 2.33. The van der Waals surface area contributed by atoms with E-state index in [4.69, 9.17) is 18.6 Å². The van der Waals surface area contributed by atoms with Crippen molar-refractivity contribution in [2.45, 2.75) is 18.8 Å². The molecular formula is C18H19N3O5. The van der Waals surface area contributed by atoms with Gasteiger partial charge in [0.05, 0.1) is 38.3 Å². The van der Waals surface area contributed by atoms with Crippen LogP contribution in [0.15, 0.2) is 41.1 Å². The minimum Gasteiger partial charge on any atom is -0.482 e. The van der Waals surface area contributed by atoms with Crippen LogP contribution in [0.5, 0.6) is 5.75 Å². The number of furan rings is 1. The molecule has 1 saturated heterocycles. The number of aromatic nitrogens is 2. The lowest BCUT2D eigenvalue weighted by atomic mass is 10.1. The number of nitrogens with one attached hydrogen (secondary N) is 2. The van der Waals surface area contributed by atoms with Crippen LogP contribution in [0.25, 0.3) is 11.0 Å². The Kier molecular flexibility index (Phi) is 4.59. The molecule has 0 saturated carbocycles. The van der Waals surface area contributed by atoms with Crippen LogP contribution in [0.3, 0.4) is 0 Å². The van der Waals surface area contributed by atoms with E-state index in [0.29, 0.717) is 24.5 Å². The molecule has 1 fully saturated rings. The summed E-state index contributed by atoms with van der Waals surface area (Å²) in [6, 6.07) is 7.21. The van der Waals surface area contributed by atoms with Crippen LogP contribution >= 0.6 is 0 Å². The first kappa shape index (κ1) is 16.6. The molecule has 0 spiro atoms. The number of carbonyl (C=O) groups is 1. The van der Waals surface area contributed by atoms with Gasteiger partial charge in [0.15, 0.2) is 11.5 Å². The van der Waals surface area contributed by atoms with Gasteiger partial charge >= 0.3 is 0 Å². The Morgan fingerprint density at radius 3 is 3.08 bits per heavy atom. The summed E-state index contributed by atoms with van der Waals surface area (Å²) in [5.41, 5.74) is 1.38. The molecule has 0 bridgehead atoms. The number of benzene rings is 1. The first-order chi connectivity index (χ1) is 12.8. The fourth-order valence-electron chi connectivity index (χ4n) is 3.07. The summed E-state index contributed by atoms with van der Waals surface area (Å²) in [6.07, 6.45) is 2.92. The monoisotopic (exact) mass is 357 g/mol. The number of aromatic amines is 1. The zero-order chi connectivity index (χ0) is 17.9. The first-order valence-electron chi connectivity index (χ1n) is 8.29. The zero-order valence-corrected chi connectivity index (χ0v) is 14.2. The molecule has 2 N–H and O–H groups in total. The number of ether oxygens (including phenoxy) is 3. The SMILES string of the molecule is COCc1c(C(=O)N[C@H]2COC[C@H]2Oc2cn[nH]c2)oc2ccccc12. The molecule has 1 aliphatic heterocycles. The number of hydrogen-bond donors (Lipinski definition) is 2. The van der Waals surface area contributed by atoms with Crippen molar-refractivity contribution in [1.82, 2.24) is 15.5 Å². The van der Waals surface area contributed by atoms with Gasteiger partial charge in [-0.2, -0.15) is 5.10 Å². The third-order valence-corrected chi connectivity index (χ3v) is 4.30. The van der Waals surface area contributed by atoms with Crippen molar-refractivity contribution < 1.29 is 23.4 Å². The number of methoxy groups -OCH3 is 1. The minimum atomic E-state index is -0.315. The predicted octanol–water partition coefficient (Wildman–Crippen LogP) is 1.88. The van der Waals surface area contributed by atoms with E-state index in [2.05, 4.69) is 15.5 Å². The summed E-state index contributed by atoms with van der Waals surface area (Å²) in [4.78, 5) is 12.8. The van der Waals surface area contributed by atoms with Crippen molar-refractivity contribution in [3.63, 3.8) is 0 Å². The van der Waals surface area contributed by atoms with Crippen molar-refractivity contribution in [3.05, 3.63) is 48.0 Å². The van der Waals surface area contributed by atoms with Gasteiger partial charge in [0.25, 0.3) is 5.91 Å². The number of fused-ring (bicyclic) bond motifs is 1. The lowest BCUT2D eigenvalue weighted by molar-refractivity contribution is 0.0872. The third-order valence-electron chi connectivity index (χ3n) is 4.30. The summed E-state index contributed by atoms with van der Waals surface area (Å²) in [5.74, 6) is 0.537. The summed E-state index contributed by atoms with van der Waals surface area (Å²) >= 11 is 0. The molecule has 8 heteroatoms. The Balaban J connectivity index is 1.54. The van der Waals surface area contributed by atoms with E-state index in [1.165, 1.54) is 0 Å². The van der Waals surface area contributed by atoms with Crippen molar-refractivity contribution >= 4 is 16.9 Å². The Morgan fingerprint density at radius 2 is 2.27 bits per heavy atom. The van der Waals surface area contributed by atoms with Gasteiger partial charge in [-0.3, -0.25) is 9.89 Å². The van der Waals surface area contributed by atoms with Crippen LogP contribution in [-0.2, 0) is 16.1 Å². The minimum absolute atomic E-state index is 0.252. The third kappa shape index (κ3) is 3.16. The molecule has 1 aliphatic rings. The molecule has 2 atom stereocenters. The van der Waals surface area contributed by atoms with Gasteiger partial charge < -0.3 is 23.9 Å². The van der Waals surface area contributed by atoms with Crippen LogP contribution < -0.4 is 10.1 Å². The molecule has 26 heavy (non-hydrogen) atoms. The van der Waals surface area contributed by atoms with Gasteiger partial charge in [0, 0.05) is 18.1 Å². The Labute approximate surface area is 149 Å². The number of nitrogens with zero attached hydrogens (tertiary/aromatic N) is 1. The van der Waals surface area contributed by atoms with Crippen LogP contribution in [0, 0.1) is 0 Å². The predicted molar refractivity (Wildman–Crippen MR) is 92.0 cm³/mol. The number of hydrogen-bond acceptors (Lipinski definition) is 6. The largest absolute Gasteiger partial charge is 0.482 e. The average molecular weight is 357 g/mol. The van der Waals surface area contributed by atoms with Crippen LogP contribution in [0.2, 0.25) is 0 Å². The molecule has 0 aliphatic carbocycles. The number of amides is 1. The fraction of sp³-hybridized carbons (Fsp3) is 0.333. The van der Waals surface area contributed by atoms with Crippen LogP contribution in [0.4, 0.5) is 0 Å². The first-order valence-corrected chi connectivity index (χ1v) is 8.29. The second kappa shape index (κ2) is 7.19. The molecular weight excluding hydrogens is 338 g/mol. The zero-order valence-electron chi connectivity index (χ0n) is 14.2. The second-order valence-electron chi connectivity index (χ2n) is 6.05. The number of H-pyrrole nitrogens is 1. The Morgan fingerprint density at radius 1 is 1.38 bits per heavy atom. The molecule has 136 valence electrons. The lowest BCUT2D eigenvalue weighted by Gasteiger charge is -2.19. The van der Waals surface area contributed by atoms with E-state index >= 15 is 0 Å².